The number of hydrogen-bond donors (Lipinski definition) is 0. The Morgan fingerprint density at radius 3 is 2.48 bits per heavy atom. The van der Waals surface area contributed by atoms with Crippen LogP contribution in [0.25, 0.3) is 5.69 Å². The van der Waals surface area contributed by atoms with Gasteiger partial charge in [-0.25, -0.2) is 18.5 Å². The van der Waals surface area contributed by atoms with E-state index in [2.05, 4.69) is 9.84 Å². The third-order valence-electron chi connectivity index (χ3n) is 4.78. The molecule has 0 fully saturated rings. The van der Waals surface area contributed by atoms with Crippen LogP contribution in [0.4, 0.5) is 13.2 Å². The molecular formula is C22H22F3N3O5. The van der Waals surface area contributed by atoms with Gasteiger partial charge in [-0.15, -0.1) is 5.10 Å². The van der Waals surface area contributed by atoms with Crippen LogP contribution in [-0.4, -0.2) is 33.5 Å². The van der Waals surface area contributed by atoms with Crippen molar-refractivity contribution in [1.82, 2.24) is 14.3 Å². The second-order valence-corrected chi connectivity index (χ2v) is 7.19. The molecule has 0 aliphatic heterocycles. The zero-order valence-corrected chi connectivity index (χ0v) is 18.3. The van der Waals surface area contributed by atoms with E-state index in [0.717, 1.165) is 11.6 Å². The van der Waals surface area contributed by atoms with Crippen molar-refractivity contribution in [2.24, 2.45) is 0 Å². The fourth-order valence-corrected chi connectivity index (χ4v) is 3.06. The monoisotopic (exact) mass is 465 g/mol. The molecule has 1 heterocycles. The van der Waals surface area contributed by atoms with Crippen molar-refractivity contribution in [3.8, 4) is 17.2 Å². The van der Waals surface area contributed by atoms with Crippen LogP contribution in [0.15, 0.2) is 41.2 Å². The van der Waals surface area contributed by atoms with Gasteiger partial charge in [-0.2, -0.15) is 13.5 Å². The average molecular weight is 465 g/mol. The molecule has 0 spiro atoms. The molecule has 0 saturated heterocycles. The lowest BCUT2D eigenvalue weighted by Gasteiger charge is -2.17. The number of carbonyl (C=O) groups is 1. The third kappa shape index (κ3) is 5.18. The SMILES string of the molecule is COC(=O)C(C)Oc1cc(C)ccc1COc1ccc(-n2nc(C)n(C(F)F)c2=O)c(F)c1. The van der Waals surface area contributed by atoms with E-state index in [1.54, 1.807) is 19.1 Å². The fourth-order valence-electron chi connectivity index (χ4n) is 3.06. The van der Waals surface area contributed by atoms with E-state index in [0.29, 0.717) is 16.0 Å². The quantitative estimate of drug-likeness (QED) is 0.472. The standard InChI is InChI=1S/C22H22F3N3O5/c1-12-5-6-15(19(9-12)33-13(2)20(29)31-4)11-32-16-7-8-18(17(23)10-16)28-22(30)27(21(24)25)14(3)26-28/h5-10,13,21H,11H2,1-4H3. The first-order valence-electron chi connectivity index (χ1n) is 9.85. The third-order valence-corrected chi connectivity index (χ3v) is 4.78. The van der Waals surface area contributed by atoms with Crippen molar-refractivity contribution < 1.29 is 32.2 Å². The van der Waals surface area contributed by atoms with Crippen LogP contribution in [0.1, 0.15) is 30.4 Å². The Hall–Kier alpha value is -3.76. The molecule has 0 aliphatic rings. The minimum atomic E-state index is -3.09. The molecule has 2 aromatic carbocycles. The van der Waals surface area contributed by atoms with E-state index in [1.165, 1.54) is 26.2 Å². The summed E-state index contributed by atoms with van der Waals surface area (Å²) in [6.07, 6.45) is -0.845. The van der Waals surface area contributed by atoms with Crippen LogP contribution >= 0.6 is 0 Å². The van der Waals surface area contributed by atoms with Gasteiger partial charge in [-0.1, -0.05) is 12.1 Å². The second-order valence-electron chi connectivity index (χ2n) is 7.19. The molecule has 0 saturated carbocycles. The van der Waals surface area contributed by atoms with Crippen molar-refractivity contribution in [2.45, 2.75) is 40.0 Å². The largest absolute Gasteiger partial charge is 0.489 e. The maximum Gasteiger partial charge on any atom is 0.355 e. The number of rotatable bonds is 8. The molecule has 0 amide bonds. The van der Waals surface area contributed by atoms with Gasteiger partial charge in [0.1, 0.15) is 29.6 Å². The van der Waals surface area contributed by atoms with Crippen molar-refractivity contribution in [3.63, 3.8) is 0 Å². The summed E-state index contributed by atoms with van der Waals surface area (Å²) in [5.74, 6) is -1.14. The molecule has 1 unspecified atom stereocenters. The number of methoxy groups -OCH3 is 1. The Morgan fingerprint density at radius 1 is 1.15 bits per heavy atom. The lowest BCUT2D eigenvalue weighted by atomic mass is 10.1. The number of halogens is 3. The Morgan fingerprint density at radius 2 is 1.88 bits per heavy atom. The predicted octanol–water partition coefficient (Wildman–Crippen LogP) is 3.70. The normalized spacial score (nSPS) is 12.0. The Kier molecular flexibility index (Phi) is 7.10. The smallest absolute Gasteiger partial charge is 0.355 e. The predicted molar refractivity (Wildman–Crippen MR) is 111 cm³/mol. The van der Waals surface area contributed by atoms with Crippen LogP contribution < -0.4 is 15.2 Å². The van der Waals surface area contributed by atoms with E-state index in [-0.39, 0.29) is 28.4 Å². The first kappa shape index (κ1) is 23.9. The van der Waals surface area contributed by atoms with Gasteiger partial charge >= 0.3 is 18.2 Å². The van der Waals surface area contributed by atoms with E-state index in [1.807, 2.05) is 13.0 Å². The fraction of sp³-hybridized carbons (Fsp3) is 0.318. The van der Waals surface area contributed by atoms with Crippen LogP contribution in [0, 0.1) is 19.7 Å². The van der Waals surface area contributed by atoms with Crippen molar-refractivity contribution in [2.75, 3.05) is 7.11 Å². The summed E-state index contributed by atoms with van der Waals surface area (Å²) in [6.45, 7) is 1.52. The molecule has 8 nitrogen and oxygen atoms in total. The molecule has 11 heteroatoms. The molecule has 33 heavy (non-hydrogen) atoms. The van der Waals surface area contributed by atoms with Gasteiger partial charge in [-0.05, 0) is 44.5 Å². The molecule has 3 aromatic rings. The number of benzene rings is 2. The molecular weight excluding hydrogens is 443 g/mol. The molecule has 176 valence electrons. The van der Waals surface area contributed by atoms with Crippen LogP contribution in [0.5, 0.6) is 11.5 Å². The highest BCUT2D eigenvalue weighted by Crippen LogP contribution is 2.25. The maximum atomic E-state index is 14.7. The molecule has 3 rings (SSSR count). The lowest BCUT2D eigenvalue weighted by molar-refractivity contribution is -0.147. The molecule has 0 N–H and O–H groups in total. The zero-order valence-electron chi connectivity index (χ0n) is 18.3. The first-order valence-corrected chi connectivity index (χ1v) is 9.85. The van der Waals surface area contributed by atoms with Crippen LogP contribution in [-0.2, 0) is 16.1 Å². The summed E-state index contributed by atoms with van der Waals surface area (Å²) in [7, 11) is 1.26. The van der Waals surface area contributed by atoms with Crippen molar-refractivity contribution in [3.05, 3.63) is 69.7 Å². The zero-order chi connectivity index (χ0) is 24.3. The minimum absolute atomic E-state index is 0.0125. The van der Waals surface area contributed by atoms with Crippen LogP contribution in [0.3, 0.4) is 0 Å². The average Bonchev–Trinajstić information content (AvgIpc) is 3.06. The Balaban J connectivity index is 1.80. The summed E-state index contributed by atoms with van der Waals surface area (Å²) in [6, 6.07) is 8.92. The number of nitrogens with zero attached hydrogens (tertiary/aromatic N) is 3. The van der Waals surface area contributed by atoms with E-state index in [4.69, 9.17) is 9.47 Å². The van der Waals surface area contributed by atoms with Gasteiger partial charge in [0, 0.05) is 11.6 Å². The minimum Gasteiger partial charge on any atom is -0.489 e. The lowest BCUT2D eigenvalue weighted by Crippen LogP contribution is -2.25. The van der Waals surface area contributed by atoms with Gasteiger partial charge in [0.2, 0.25) is 0 Å². The molecule has 1 atom stereocenters. The number of hydrogen-bond acceptors (Lipinski definition) is 6. The molecule has 1 aromatic heterocycles. The highest BCUT2D eigenvalue weighted by Gasteiger charge is 2.21. The highest BCUT2D eigenvalue weighted by molar-refractivity contribution is 5.74. The number of aryl methyl sites for hydroxylation is 2. The van der Waals surface area contributed by atoms with Gasteiger partial charge in [-0.3, -0.25) is 0 Å². The second kappa shape index (κ2) is 9.80. The number of ether oxygens (including phenoxy) is 3. The maximum absolute atomic E-state index is 14.7. The first-order chi connectivity index (χ1) is 15.6. The summed E-state index contributed by atoms with van der Waals surface area (Å²) < 4.78 is 57.4. The number of esters is 1. The van der Waals surface area contributed by atoms with Crippen molar-refractivity contribution in [1.29, 1.82) is 0 Å². The number of aromatic nitrogens is 3. The highest BCUT2D eigenvalue weighted by atomic mass is 19.3. The van der Waals surface area contributed by atoms with Gasteiger partial charge in [0.05, 0.1) is 7.11 Å². The summed E-state index contributed by atoms with van der Waals surface area (Å²) in [5.41, 5.74) is 0.0471. The summed E-state index contributed by atoms with van der Waals surface area (Å²) in [5, 5.41) is 3.71. The molecule has 0 bridgehead atoms. The van der Waals surface area contributed by atoms with E-state index >= 15 is 0 Å². The van der Waals surface area contributed by atoms with Gasteiger partial charge in [0.25, 0.3) is 0 Å². The van der Waals surface area contributed by atoms with Crippen molar-refractivity contribution >= 4 is 5.97 Å². The van der Waals surface area contributed by atoms with E-state index < -0.39 is 30.1 Å². The molecule has 0 aliphatic carbocycles. The number of carbonyl (C=O) groups excluding carboxylic acids is 1. The molecule has 0 radical (unpaired) electrons. The van der Waals surface area contributed by atoms with Crippen LogP contribution in [0.2, 0.25) is 0 Å². The van der Waals surface area contributed by atoms with E-state index in [9.17, 15) is 22.8 Å². The summed E-state index contributed by atoms with van der Waals surface area (Å²) in [4.78, 5) is 23.8. The topological polar surface area (TPSA) is 84.6 Å². The van der Waals surface area contributed by atoms with Gasteiger partial charge in [0.15, 0.2) is 11.9 Å². The number of alkyl halides is 2. The van der Waals surface area contributed by atoms with Gasteiger partial charge < -0.3 is 14.2 Å². The Bertz CT molecular complexity index is 1220. The summed E-state index contributed by atoms with van der Waals surface area (Å²) >= 11 is 0. The Labute approximate surface area is 187 Å².